The number of hydrogen-bond acceptors (Lipinski definition) is 3. The lowest BCUT2D eigenvalue weighted by Crippen LogP contribution is -2.42. The zero-order valence-corrected chi connectivity index (χ0v) is 10.6. The van der Waals surface area contributed by atoms with Crippen molar-refractivity contribution in [2.24, 2.45) is 5.73 Å². The summed E-state index contributed by atoms with van der Waals surface area (Å²) in [6, 6.07) is 9.26. The van der Waals surface area contributed by atoms with Gasteiger partial charge in [0.15, 0.2) is 0 Å². The number of hydrogen-bond donors (Lipinski definition) is 3. The third kappa shape index (κ3) is 5.80. The number of benzene rings is 1. The molecule has 18 heavy (non-hydrogen) atoms. The molecular weight excluding hydrogens is 228 g/mol. The molecule has 0 heterocycles. The SMILES string of the molecule is NC(Cc1ccccc1)C(=O)NCCCCCO. The molecule has 1 aromatic carbocycles. The van der Waals surface area contributed by atoms with E-state index in [-0.39, 0.29) is 12.5 Å². The molecule has 0 radical (unpaired) electrons. The van der Waals surface area contributed by atoms with E-state index in [9.17, 15) is 4.79 Å². The molecule has 0 aliphatic rings. The highest BCUT2D eigenvalue weighted by Gasteiger charge is 2.12. The van der Waals surface area contributed by atoms with E-state index in [1.807, 2.05) is 30.3 Å². The van der Waals surface area contributed by atoms with Crippen LogP contribution in [0, 0.1) is 0 Å². The Labute approximate surface area is 108 Å². The van der Waals surface area contributed by atoms with Crippen molar-refractivity contribution in [3.8, 4) is 0 Å². The van der Waals surface area contributed by atoms with E-state index >= 15 is 0 Å². The molecule has 0 fully saturated rings. The normalized spacial score (nSPS) is 12.1. The molecule has 0 spiro atoms. The number of aliphatic hydroxyl groups is 1. The standard InChI is InChI=1S/C14H22N2O2/c15-13(11-12-7-3-1-4-8-12)14(18)16-9-5-2-6-10-17/h1,3-4,7-8,13,17H,2,5-6,9-11,15H2,(H,16,18). The highest BCUT2D eigenvalue weighted by Crippen LogP contribution is 2.02. The van der Waals surface area contributed by atoms with E-state index in [0.717, 1.165) is 24.8 Å². The first-order chi connectivity index (χ1) is 8.74. The number of carbonyl (C=O) groups excluding carboxylic acids is 1. The Hall–Kier alpha value is -1.39. The summed E-state index contributed by atoms with van der Waals surface area (Å²) >= 11 is 0. The van der Waals surface area contributed by atoms with Crippen LogP contribution in [0.2, 0.25) is 0 Å². The minimum absolute atomic E-state index is 0.108. The van der Waals surface area contributed by atoms with Gasteiger partial charge in [-0.2, -0.15) is 0 Å². The Bertz CT molecular complexity index is 341. The fourth-order valence-electron chi connectivity index (χ4n) is 1.72. The number of amides is 1. The molecule has 100 valence electrons. The summed E-state index contributed by atoms with van der Waals surface area (Å²) in [4.78, 5) is 11.7. The zero-order valence-electron chi connectivity index (χ0n) is 10.6. The molecule has 0 saturated heterocycles. The Morgan fingerprint density at radius 2 is 1.94 bits per heavy atom. The topological polar surface area (TPSA) is 75.4 Å². The fraction of sp³-hybridized carbons (Fsp3) is 0.500. The van der Waals surface area contributed by atoms with Crippen molar-refractivity contribution in [3.63, 3.8) is 0 Å². The molecule has 1 rings (SSSR count). The van der Waals surface area contributed by atoms with Crippen molar-refractivity contribution in [1.29, 1.82) is 0 Å². The molecular formula is C14H22N2O2. The summed E-state index contributed by atoms with van der Waals surface area (Å²) < 4.78 is 0. The Morgan fingerprint density at radius 3 is 2.61 bits per heavy atom. The van der Waals surface area contributed by atoms with Gasteiger partial charge >= 0.3 is 0 Å². The minimum Gasteiger partial charge on any atom is -0.396 e. The second kappa shape index (κ2) is 8.66. The van der Waals surface area contributed by atoms with Crippen LogP contribution in [0.4, 0.5) is 0 Å². The molecule has 1 aromatic rings. The smallest absolute Gasteiger partial charge is 0.237 e. The number of unbranched alkanes of at least 4 members (excludes halogenated alkanes) is 2. The van der Waals surface area contributed by atoms with Gasteiger partial charge in [0.1, 0.15) is 0 Å². The predicted octanol–water partition coefficient (Wildman–Crippen LogP) is 0.835. The van der Waals surface area contributed by atoms with Gasteiger partial charge in [-0.3, -0.25) is 4.79 Å². The van der Waals surface area contributed by atoms with Crippen molar-refractivity contribution >= 4 is 5.91 Å². The van der Waals surface area contributed by atoms with Crippen molar-refractivity contribution in [3.05, 3.63) is 35.9 Å². The van der Waals surface area contributed by atoms with E-state index in [2.05, 4.69) is 5.32 Å². The number of carbonyl (C=O) groups is 1. The summed E-state index contributed by atoms with van der Waals surface area (Å²) in [5.74, 6) is -0.108. The maximum absolute atomic E-state index is 11.7. The van der Waals surface area contributed by atoms with Crippen LogP contribution in [0.5, 0.6) is 0 Å². The molecule has 0 aromatic heterocycles. The Balaban J connectivity index is 2.21. The summed E-state index contributed by atoms with van der Waals surface area (Å²) in [5.41, 5.74) is 6.91. The van der Waals surface area contributed by atoms with E-state index < -0.39 is 6.04 Å². The van der Waals surface area contributed by atoms with Crippen molar-refractivity contribution in [2.45, 2.75) is 31.7 Å². The molecule has 1 atom stereocenters. The lowest BCUT2D eigenvalue weighted by molar-refractivity contribution is -0.122. The first-order valence-electron chi connectivity index (χ1n) is 6.42. The van der Waals surface area contributed by atoms with Gasteiger partial charge in [-0.05, 0) is 31.2 Å². The first kappa shape index (κ1) is 14.7. The van der Waals surface area contributed by atoms with Gasteiger partial charge in [-0.1, -0.05) is 30.3 Å². The van der Waals surface area contributed by atoms with Gasteiger partial charge in [0.25, 0.3) is 0 Å². The zero-order chi connectivity index (χ0) is 13.2. The lowest BCUT2D eigenvalue weighted by atomic mass is 10.1. The molecule has 4 N–H and O–H groups in total. The van der Waals surface area contributed by atoms with Crippen LogP contribution >= 0.6 is 0 Å². The van der Waals surface area contributed by atoms with Crippen LogP contribution in [0.1, 0.15) is 24.8 Å². The number of aliphatic hydroxyl groups excluding tert-OH is 1. The van der Waals surface area contributed by atoms with Crippen LogP contribution in [-0.2, 0) is 11.2 Å². The highest BCUT2D eigenvalue weighted by atomic mass is 16.2. The molecule has 4 nitrogen and oxygen atoms in total. The van der Waals surface area contributed by atoms with Crippen molar-refractivity contribution < 1.29 is 9.90 Å². The van der Waals surface area contributed by atoms with Gasteiger partial charge < -0.3 is 16.2 Å². The summed E-state index contributed by atoms with van der Waals surface area (Å²) in [6.07, 6.45) is 3.14. The lowest BCUT2D eigenvalue weighted by Gasteiger charge is -2.12. The average molecular weight is 250 g/mol. The maximum Gasteiger partial charge on any atom is 0.237 e. The van der Waals surface area contributed by atoms with Crippen molar-refractivity contribution in [1.82, 2.24) is 5.32 Å². The molecule has 1 amide bonds. The van der Waals surface area contributed by atoms with Crippen molar-refractivity contribution in [2.75, 3.05) is 13.2 Å². The van der Waals surface area contributed by atoms with Crippen LogP contribution in [0.25, 0.3) is 0 Å². The number of rotatable bonds is 8. The largest absolute Gasteiger partial charge is 0.396 e. The predicted molar refractivity (Wildman–Crippen MR) is 72.1 cm³/mol. The molecule has 4 heteroatoms. The van der Waals surface area contributed by atoms with Crippen LogP contribution in [-0.4, -0.2) is 30.2 Å². The monoisotopic (exact) mass is 250 g/mol. The third-order valence-electron chi connectivity index (χ3n) is 2.77. The van der Waals surface area contributed by atoms with Gasteiger partial charge in [0, 0.05) is 13.2 Å². The van der Waals surface area contributed by atoms with E-state index in [4.69, 9.17) is 10.8 Å². The Morgan fingerprint density at radius 1 is 1.22 bits per heavy atom. The molecule has 0 saturated carbocycles. The number of nitrogens with one attached hydrogen (secondary N) is 1. The summed E-state index contributed by atoms with van der Waals surface area (Å²) in [7, 11) is 0. The quantitative estimate of drug-likeness (QED) is 0.598. The van der Waals surface area contributed by atoms with Crippen LogP contribution < -0.4 is 11.1 Å². The van der Waals surface area contributed by atoms with Gasteiger partial charge in [0.05, 0.1) is 6.04 Å². The van der Waals surface area contributed by atoms with E-state index in [1.54, 1.807) is 0 Å². The molecule has 1 unspecified atom stereocenters. The van der Waals surface area contributed by atoms with Crippen LogP contribution in [0.15, 0.2) is 30.3 Å². The average Bonchev–Trinajstić information content (AvgIpc) is 2.39. The summed E-state index contributed by atoms with van der Waals surface area (Å²) in [6.45, 7) is 0.836. The fourth-order valence-corrected chi connectivity index (χ4v) is 1.72. The second-order valence-electron chi connectivity index (χ2n) is 4.37. The molecule has 0 bridgehead atoms. The van der Waals surface area contributed by atoms with Gasteiger partial charge in [-0.15, -0.1) is 0 Å². The van der Waals surface area contributed by atoms with E-state index in [1.165, 1.54) is 0 Å². The Kier molecular flexibility index (Phi) is 7.06. The highest BCUT2D eigenvalue weighted by molar-refractivity contribution is 5.81. The van der Waals surface area contributed by atoms with Gasteiger partial charge in [-0.25, -0.2) is 0 Å². The minimum atomic E-state index is -0.495. The second-order valence-corrected chi connectivity index (χ2v) is 4.37. The maximum atomic E-state index is 11.7. The van der Waals surface area contributed by atoms with E-state index in [0.29, 0.717) is 13.0 Å². The molecule has 0 aliphatic heterocycles. The van der Waals surface area contributed by atoms with Gasteiger partial charge in [0.2, 0.25) is 5.91 Å². The first-order valence-corrected chi connectivity index (χ1v) is 6.42. The molecule has 0 aliphatic carbocycles. The summed E-state index contributed by atoms with van der Waals surface area (Å²) in [5, 5.41) is 11.4. The third-order valence-corrected chi connectivity index (χ3v) is 2.77. The number of nitrogens with two attached hydrogens (primary N) is 1. The van der Waals surface area contributed by atoms with Crippen LogP contribution in [0.3, 0.4) is 0 Å².